The van der Waals surface area contributed by atoms with Gasteiger partial charge in [0.25, 0.3) is 0 Å². The molecule has 3 aliphatic rings. The van der Waals surface area contributed by atoms with E-state index in [0.29, 0.717) is 12.0 Å². The monoisotopic (exact) mass is 374 g/mol. The van der Waals surface area contributed by atoms with Gasteiger partial charge in [0.05, 0.1) is 11.8 Å². The summed E-state index contributed by atoms with van der Waals surface area (Å²) in [5.74, 6) is 0. The van der Waals surface area contributed by atoms with Crippen LogP contribution >= 0.6 is 0 Å². The van der Waals surface area contributed by atoms with Gasteiger partial charge in [0, 0.05) is 13.7 Å². The molecule has 5 nitrogen and oxygen atoms in total. The van der Waals surface area contributed by atoms with Crippen LogP contribution in [0.2, 0.25) is 0 Å². The Labute approximate surface area is 164 Å². The number of nitrogens with two attached hydrogens (primary N) is 1. The van der Waals surface area contributed by atoms with Gasteiger partial charge in [-0.2, -0.15) is 0 Å². The summed E-state index contributed by atoms with van der Waals surface area (Å²) in [6.45, 7) is 1.44. The number of ether oxygens (including phenoxy) is 1. The number of hydrogen-bond acceptors (Lipinski definition) is 5. The summed E-state index contributed by atoms with van der Waals surface area (Å²) in [5.41, 5.74) is 8.81. The molecule has 2 bridgehead atoms. The van der Waals surface area contributed by atoms with Crippen molar-refractivity contribution < 1.29 is 14.4 Å². The fourth-order valence-corrected chi connectivity index (χ4v) is 4.91. The summed E-state index contributed by atoms with van der Waals surface area (Å²) < 4.78 is 11.2. The molecule has 3 saturated carbocycles. The van der Waals surface area contributed by atoms with Gasteiger partial charge >= 0.3 is 7.69 Å². The van der Waals surface area contributed by atoms with Crippen LogP contribution in [-0.2, 0) is 21.4 Å². The van der Waals surface area contributed by atoms with Crippen LogP contribution in [0.3, 0.4) is 0 Å². The summed E-state index contributed by atoms with van der Waals surface area (Å²) in [7, 11) is 1.62. The molecule has 1 aromatic rings. The summed E-state index contributed by atoms with van der Waals surface area (Å²) in [5, 5.41) is 12.5. The Kier molecular flexibility index (Phi) is 7.34. The third-order valence-electron chi connectivity index (χ3n) is 6.91. The quantitative estimate of drug-likeness (QED) is 0.315. The highest BCUT2D eigenvalue weighted by Gasteiger charge is 2.49. The first-order valence-corrected chi connectivity index (χ1v) is 10.5. The maximum absolute atomic E-state index is 9.07. The maximum atomic E-state index is 9.07. The standard InChI is InChI=1S/C21H35BN2O3/c1-26-21-12-9-20(10-13-21,11-14-21)18-7-5-17(6-8-18)16-24-19(27-22-25)4-2-3-15-23/h5-8,19,22,24-25H,2-4,9-16,23H2,1H3/t19-,20?,21?/m1/s1. The Hall–Kier alpha value is -0.915. The molecule has 0 radical (unpaired) electrons. The predicted molar refractivity (Wildman–Crippen MR) is 110 cm³/mol. The van der Waals surface area contributed by atoms with E-state index >= 15 is 0 Å². The van der Waals surface area contributed by atoms with Crippen molar-refractivity contribution >= 4 is 7.69 Å². The predicted octanol–water partition coefficient (Wildman–Crippen LogP) is 2.50. The van der Waals surface area contributed by atoms with Gasteiger partial charge in [-0.1, -0.05) is 24.3 Å². The lowest BCUT2D eigenvalue weighted by Crippen LogP contribution is -2.49. The maximum Gasteiger partial charge on any atom is 0.436 e. The molecule has 0 heterocycles. The molecule has 3 fully saturated rings. The van der Waals surface area contributed by atoms with Crippen LogP contribution in [-0.4, -0.2) is 38.2 Å². The normalized spacial score (nSPS) is 28.3. The zero-order valence-corrected chi connectivity index (χ0v) is 16.7. The Morgan fingerprint density at radius 2 is 1.78 bits per heavy atom. The van der Waals surface area contributed by atoms with Crippen LogP contribution in [0.25, 0.3) is 0 Å². The lowest BCUT2D eigenvalue weighted by Gasteiger charge is -2.53. The fraction of sp³-hybridized carbons (Fsp3) is 0.714. The van der Waals surface area contributed by atoms with Gasteiger partial charge in [-0.15, -0.1) is 0 Å². The molecule has 4 N–H and O–H groups in total. The van der Waals surface area contributed by atoms with Crippen LogP contribution in [0.5, 0.6) is 0 Å². The molecular weight excluding hydrogens is 339 g/mol. The van der Waals surface area contributed by atoms with E-state index in [9.17, 15) is 0 Å². The summed E-state index contributed by atoms with van der Waals surface area (Å²) in [4.78, 5) is 0. The Balaban J connectivity index is 1.54. The van der Waals surface area contributed by atoms with E-state index in [1.165, 1.54) is 49.7 Å². The minimum Gasteiger partial charge on any atom is -0.430 e. The van der Waals surface area contributed by atoms with Gasteiger partial charge in [0.15, 0.2) is 0 Å². The highest BCUT2D eigenvalue weighted by molar-refractivity contribution is 6.15. The number of rotatable bonds is 11. The first kappa shape index (κ1) is 20.8. The number of hydrogen-bond donors (Lipinski definition) is 3. The Morgan fingerprint density at radius 1 is 1.11 bits per heavy atom. The van der Waals surface area contributed by atoms with E-state index in [-0.39, 0.29) is 19.5 Å². The van der Waals surface area contributed by atoms with Crippen LogP contribution in [0.4, 0.5) is 0 Å². The molecule has 0 spiro atoms. The molecule has 27 heavy (non-hydrogen) atoms. The minimum absolute atomic E-state index is 0.126. The van der Waals surface area contributed by atoms with Gasteiger partial charge in [0.1, 0.15) is 0 Å². The second-order valence-electron chi connectivity index (χ2n) is 8.31. The van der Waals surface area contributed by atoms with E-state index in [1.807, 2.05) is 7.11 Å². The second-order valence-corrected chi connectivity index (χ2v) is 8.31. The number of methoxy groups -OCH3 is 1. The summed E-state index contributed by atoms with van der Waals surface area (Å²) in [6, 6.07) is 9.11. The van der Waals surface area contributed by atoms with E-state index in [4.69, 9.17) is 20.1 Å². The Morgan fingerprint density at radius 3 is 2.33 bits per heavy atom. The van der Waals surface area contributed by atoms with Crippen molar-refractivity contribution in [2.75, 3.05) is 13.7 Å². The van der Waals surface area contributed by atoms with Crippen LogP contribution < -0.4 is 11.1 Å². The Bertz CT molecular complexity index is 557. The highest BCUT2D eigenvalue weighted by atomic mass is 16.5. The van der Waals surface area contributed by atoms with E-state index in [0.717, 1.165) is 25.8 Å². The van der Waals surface area contributed by atoms with Crippen molar-refractivity contribution in [1.82, 2.24) is 5.32 Å². The van der Waals surface area contributed by atoms with Crippen molar-refractivity contribution in [2.45, 2.75) is 81.6 Å². The first-order valence-electron chi connectivity index (χ1n) is 10.5. The number of nitrogens with one attached hydrogen (secondary N) is 1. The molecule has 150 valence electrons. The first-order chi connectivity index (χ1) is 13.2. The zero-order chi connectivity index (χ0) is 19.2. The largest absolute Gasteiger partial charge is 0.436 e. The number of fused-ring (bicyclic) bond motifs is 3. The minimum atomic E-state index is -0.259. The van der Waals surface area contributed by atoms with Crippen LogP contribution in [0.1, 0.15) is 68.9 Å². The smallest absolute Gasteiger partial charge is 0.430 e. The molecule has 6 heteroatoms. The van der Waals surface area contributed by atoms with Crippen molar-refractivity contribution in [3.8, 4) is 0 Å². The summed E-state index contributed by atoms with van der Waals surface area (Å²) >= 11 is 0. The SMILES string of the molecule is COC12CCC(c3ccc(CN[C@@H](CCCCN)OBO)cc3)(CC1)CC2. The molecule has 0 amide bonds. The van der Waals surface area contributed by atoms with Gasteiger partial charge < -0.3 is 20.1 Å². The van der Waals surface area contributed by atoms with Gasteiger partial charge in [-0.05, 0) is 80.9 Å². The number of unbranched alkanes of at least 4 members (excludes halogenated alkanes) is 1. The van der Waals surface area contributed by atoms with Crippen molar-refractivity contribution in [1.29, 1.82) is 0 Å². The molecule has 0 aromatic heterocycles. The third kappa shape index (κ3) is 4.93. The van der Waals surface area contributed by atoms with Crippen LogP contribution in [0, 0.1) is 0 Å². The lowest BCUT2D eigenvalue weighted by atomic mass is 9.56. The van der Waals surface area contributed by atoms with Gasteiger partial charge in [0.2, 0.25) is 0 Å². The van der Waals surface area contributed by atoms with Crippen LogP contribution in [0.15, 0.2) is 24.3 Å². The third-order valence-corrected chi connectivity index (χ3v) is 6.91. The summed E-state index contributed by atoms with van der Waals surface area (Å²) in [6.07, 6.45) is 10.0. The number of benzene rings is 1. The molecule has 3 aliphatic carbocycles. The highest BCUT2D eigenvalue weighted by Crippen LogP contribution is 2.54. The molecule has 4 rings (SSSR count). The molecule has 1 atom stereocenters. The molecule has 0 unspecified atom stereocenters. The van der Waals surface area contributed by atoms with Crippen molar-refractivity contribution in [3.05, 3.63) is 35.4 Å². The van der Waals surface area contributed by atoms with Crippen molar-refractivity contribution in [2.24, 2.45) is 5.73 Å². The molecule has 1 aromatic carbocycles. The average molecular weight is 374 g/mol. The zero-order valence-electron chi connectivity index (χ0n) is 16.7. The average Bonchev–Trinajstić information content (AvgIpc) is 2.74. The second kappa shape index (κ2) is 9.53. The van der Waals surface area contributed by atoms with E-state index in [1.54, 1.807) is 0 Å². The topological polar surface area (TPSA) is 76.7 Å². The lowest BCUT2D eigenvalue weighted by molar-refractivity contribution is -0.0955. The van der Waals surface area contributed by atoms with E-state index < -0.39 is 0 Å². The van der Waals surface area contributed by atoms with Gasteiger partial charge in [-0.25, -0.2) is 0 Å². The molecular formula is C21H35BN2O3. The van der Waals surface area contributed by atoms with Gasteiger partial charge in [-0.3, -0.25) is 5.32 Å². The molecule has 0 saturated heterocycles. The molecule has 0 aliphatic heterocycles. The van der Waals surface area contributed by atoms with Crippen molar-refractivity contribution in [3.63, 3.8) is 0 Å². The van der Waals surface area contributed by atoms with E-state index in [2.05, 4.69) is 29.6 Å². The fourth-order valence-electron chi connectivity index (χ4n) is 4.91.